The molecule has 0 spiro atoms. The predicted molar refractivity (Wildman–Crippen MR) is 135 cm³/mol. The number of nitrogens with one attached hydrogen (secondary N) is 1. The largest absolute Gasteiger partial charge is 0.372 e. The Balaban J connectivity index is 1.60. The Morgan fingerprint density at radius 1 is 1.03 bits per heavy atom. The van der Waals surface area contributed by atoms with Gasteiger partial charge in [0.2, 0.25) is 7.28 Å². The second kappa shape index (κ2) is 10.1. The summed E-state index contributed by atoms with van der Waals surface area (Å²) in [4.78, 5) is 28.3. The number of aromatic nitrogens is 4. The number of carbonyl (C=O) groups is 1. The van der Waals surface area contributed by atoms with Gasteiger partial charge in [-0.1, -0.05) is 23.7 Å². The number of anilines is 2. The van der Waals surface area contributed by atoms with Crippen molar-refractivity contribution < 1.29 is 4.79 Å². The Morgan fingerprint density at radius 3 is 2.52 bits per heavy atom. The third-order valence-corrected chi connectivity index (χ3v) is 5.47. The first kappa shape index (κ1) is 22.3. The van der Waals surface area contributed by atoms with E-state index in [0.29, 0.717) is 12.8 Å². The quantitative estimate of drug-likeness (QED) is 0.428. The van der Waals surface area contributed by atoms with Crippen molar-refractivity contribution in [3.63, 3.8) is 0 Å². The fourth-order valence-corrected chi connectivity index (χ4v) is 3.78. The number of carbonyl (C=O) groups excluding carboxylic acids is 1. The smallest absolute Gasteiger partial charge is 0.255 e. The summed E-state index contributed by atoms with van der Waals surface area (Å²) in [5.41, 5.74) is 5.98. The molecule has 8 heteroatoms. The molecule has 7 nitrogen and oxygen atoms in total. The summed E-state index contributed by atoms with van der Waals surface area (Å²) in [5.74, 6) is -0.157. The third-order valence-electron chi connectivity index (χ3n) is 5.47. The molecule has 0 bridgehead atoms. The molecule has 2 aromatic carbocycles. The van der Waals surface area contributed by atoms with E-state index in [9.17, 15) is 4.79 Å². The van der Waals surface area contributed by atoms with Crippen molar-refractivity contribution in [2.45, 2.75) is 20.8 Å². The molecule has 0 radical (unpaired) electrons. The number of aryl methyl sites for hydroxylation is 1. The number of amides is 1. The minimum absolute atomic E-state index is 0.157. The molecular weight excluding hydrogens is 411 g/mol. The fourth-order valence-electron chi connectivity index (χ4n) is 3.78. The highest BCUT2D eigenvalue weighted by molar-refractivity contribution is 6.65. The molecule has 4 rings (SSSR count). The lowest BCUT2D eigenvalue weighted by molar-refractivity contribution is 0.102. The van der Waals surface area contributed by atoms with Crippen LogP contribution >= 0.6 is 0 Å². The molecular formula is C25H27BN6O. The maximum absolute atomic E-state index is 13.1. The van der Waals surface area contributed by atoms with Crippen LogP contribution in [0.4, 0.5) is 11.4 Å². The zero-order valence-corrected chi connectivity index (χ0v) is 19.2. The molecule has 0 fully saturated rings. The molecule has 2 aromatic heterocycles. The van der Waals surface area contributed by atoms with Gasteiger partial charge < -0.3 is 14.8 Å². The highest BCUT2D eigenvalue weighted by atomic mass is 16.1. The lowest BCUT2D eigenvalue weighted by Gasteiger charge is -2.23. The van der Waals surface area contributed by atoms with Crippen LogP contribution in [0.25, 0.3) is 5.69 Å². The maximum atomic E-state index is 13.1. The molecule has 0 aliphatic rings. The molecule has 0 saturated carbocycles. The summed E-state index contributed by atoms with van der Waals surface area (Å²) in [6.07, 6.45) is 7.21. The van der Waals surface area contributed by atoms with Gasteiger partial charge in [0, 0.05) is 48.6 Å². The van der Waals surface area contributed by atoms with Crippen molar-refractivity contribution in [3.05, 3.63) is 84.7 Å². The van der Waals surface area contributed by atoms with Crippen molar-refractivity contribution in [2.75, 3.05) is 23.3 Å². The summed E-state index contributed by atoms with van der Waals surface area (Å²) in [5, 5.41) is 3.08. The monoisotopic (exact) mass is 438 g/mol. The lowest BCUT2D eigenvalue weighted by Crippen LogP contribution is -2.32. The van der Waals surface area contributed by atoms with Crippen molar-refractivity contribution >= 4 is 35.7 Å². The van der Waals surface area contributed by atoms with Gasteiger partial charge in [-0.2, -0.15) is 0 Å². The first-order valence-corrected chi connectivity index (χ1v) is 11.1. The number of rotatable bonds is 8. The van der Waals surface area contributed by atoms with E-state index in [1.165, 1.54) is 0 Å². The molecule has 0 aliphatic heterocycles. The van der Waals surface area contributed by atoms with Gasteiger partial charge in [-0.25, -0.2) is 4.98 Å². The lowest BCUT2D eigenvalue weighted by atomic mass is 9.69. The summed E-state index contributed by atoms with van der Waals surface area (Å²) in [7, 11) is 0.573. The Labute approximate surface area is 194 Å². The normalized spacial score (nSPS) is 10.6. The molecule has 33 heavy (non-hydrogen) atoms. The molecule has 0 unspecified atom stereocenters. The van der Waals surface area contributed by atoms with Gasteiger partial charge in [0.15, 0.2) is 0 Å². The van der Waals surface area contributed by atoms with Crippen molar-refractivity contribution in [1.82, 2.24) is 19.5 Å². The van der Waals surface area contributed by atoms with E-state index >= 15 is 0 Å². The van der Waals surface area contributed by atoms with Crippen molar-refractivity contribution in [3.8, 4) is 5.69 Å². The number of nitrogens with zero attached hydrogens (tertiary/aromatic N) is 5. The second-order valence-corrected chi connectivity index (χ2v) is 7.83. The molecule has 4 aromatic rings. The average Bonchev–Trinajstić information content (AvgIpc) is 3.27. The van der Waals surface area contributed by atoms with Gasteiger partial charge in [-0.3, -0.25) is 14.8 Å². The average molecular weight is 438 g/mol. The van der Waals surface area contributed by atoms with E-state index in [4.69, 9.17) is 0 Å². The summed E-state index contributed by atoms with van der Waals surface area (Å²) >= 11 is 0. The Hall–Kier alpha value is -3.94. The Bertz CT molecular complexity index is 1240. The predicted octanol–water partition coefficient (Wildman–Crippen LogP) is 2.46. The summed E-state index contributed by atoms with van der Waals surface area (Å²) in [6.45, 7) is 7.95. The SMILES string of the molecule is CCN(CC)c1cc(NC(=O)c2cccc(Bc3ncccn3)c2)cc(-n2cnc(C)c2)c1. The minimum Gasteiger partial charge on any atom is -0.372 e. The van der Waals surface area contributed by atoms with E-state index in [1.807, 2.05) is 54.1 Å². The Morgan fingerprint density at radius 2 is 1.82 bits per heavy atom. The van der Waals surface area contributed by atoms with Crippen LogP contribution in [0.15, 0.2) is 73.4 Å². The van der Waals surface area contributed by atoms with Gasteiger partial charge in [-0.15, -0.1) is 0 Å². The zero-order chi connectivity index (χ0) is 23.2. The molecule has 0 saturated heterocycles. The summed E-state index contributed by atoms with van der Waals surface area (Å²) < 4.78 is 1.97. The minimum atomic E-state index is -0.157. The van der Waals surface area contributed by atoms with Crippen LogP contribution in [-0.2, 0) is 0 Å². The first-order valence-electron chi connectivity index (χ1n) is 11.1. The molecule has 0 aliphatic carbocycles. The van der Waals surface area contributed by atoms with Crippen molar-refractivity contribution in [1.29, 1.82) is 0 Å². The standard InChI is InChI=1S/C25H27BN6O/c1-4-31(5-2)22-13-21(14-23(15-22)32-16-18(3)29-17-32)30-24(33)19-8-6-9-20(12-19)26-25-27-10-7-11-28-25/h6-17,26H,4-5H2,1-3H3,(H,30,33). The Kier molecular flexibility index (Phi) is 6.83. The van der Waals surface area contributed by atoms with E-state index in [0.717, 1.165) is 47.0 Å². The molecule has 1 N–H and O–H groups in total. The van der Waals surface area contributed by atoms with Crippen LogP contribution in [0, 0.1) is 6.92 Å². The van der Waals surface area contributed by atoms with Crippen LogP contribution in [0.1, 0.15) is 29.9 Å². The van der Waals surface area contributed by atoms with E-state index < -0.39 is 0 Å². The second-order valence-electron chi connectivity index (χ2n) is 7.83. The van der Waals surface area contributed by atoms with Crippen LogP contribution in [0.5, 0.6) is 0 Å². The van der Waals surface area contributed by atoms with E-state index in [-0.39, 0.29) is 5.91 Å². The van der Waals surface area contributed by atoms with E-state index in [2.05, 4.69) is 45.1 Å². The maximum Gasteiger partial charge on any atom is 0.255 e. The fraction of sp³-hybridized carbons (Fsp3) is 0.200. The molecule has 166 valence electrons. The van der Waals surface area contributed by atoms with E-state index in [1.54, 1.807) is 24.8 Å². The first-order chi connectivity index (χ1) is 16.1. The number of hydrogen-bond acceptors (Lipinski definition) is 5. The van der Waals surface area contributed by atoms with Gasteiger partial charge in [0.05, 0.1) is 23.4 Å². The van der Waals surface area contributed by atoms with Gasteiger partial charge in [0.1, 0.15) is 0 Å². The number of hydrogen-bond donors (Lipinski definition) is 1. The molecule has 0 atom stereocenters. The molecule has 1 amide bonds. The summed E-state index contributed by atoms with van der Waals surface area (Å²) in [6, 6.07) is 15.5. The third kappa shape index (κ3) is 5.47. The number of imidazole rings is 1. The van der Waals surface area contributed by atoms with Gasteiger partial charge in [0.25, 0.3) is 5.91 Å². The number of benzene rings is 2. The highest BCUT2D eigenvalue weighted by Gasteiger charge is 2.12. The van der Waals surface area contributed by atoms with Crippen LogP contribution < -0.4 is 21.4 Å². The zero-order valence-electron chi connectivity index (χ0n) is 19.2. The van der Waals surface area contributed by atoms with Gasteiger partial charge >= 0.3 is 0 Å². The topological polar surface area (TPSA) is 75.9 Å². The molecule has 2 heterocycles. The van der Waals surface area contributed by atoms with Crippen molar-refractivity contribution in [2.24, 2.45) is 0 Å². The van der Waals surface area contributed by atoms with Gasteiger partial charge in [-0.05, 0) is 51.1 Å². The van der Waals surface area contributed by atoms with Crippen LogP contribution in [0.2, 0.25) is 0 Å². The van der Waals surface area contributed by atoms with Crippen LogP contribution in [0.3, 0.4) is 0 Å². The highest BCUT2D eigenvalue weighted by Crippen LogP contribution is 2.25. The van der Waals surface area contributed by atoms with Crippen LogP contribution in [-0.4, -0.2) is 45.8 Å².